The Morgan fingerprint density at radius 2 is 2.33 bits per heavy atom. The van der Waals surface area contributed by atoms with Gasteiger partial charge in [0.05, 0.1) is 18.2 Å². The normalized spacial score (nSPS) is 32.9. The van der Waals surface area contributed by atoms with Crippen molar-refractivity contribution in [2.75, 3.05) is 12.4 Å². The smallest absolute Gasteiger partial charge is 0.237 e. The van der Waals surface area contributed by atoms with Gasteiger partial charge in [-0.05, 0) is 19.3 Å². The van der Waals surface area contributed by atoms with Crippen LogP contribution < -0.4 is 11.5 Å². The van der Waals surface area contributed by atoms with Crippen molar-refractivity contribution >= 4 is 17.7 Å². The lowest BCUT2D eigenvalue weighted by molar-refractivity contribution is -0.122. The fourth-order valence-electron chi connectivity index (χ4n) is 1.69. The molecule has 0 heterocycles. The van der Waals surface area contributed by atoms with Gasteiger partial charge in [-0.15, -0.1) is 0 Å². The topological polar surface area (TPSA) is 110 Å². The summed E-state index contributed by atoms with van der Waals surface area (Å²) in [7, 11) is 0. The number of thioether (sulfide) groups is 1. The molecule has 6 heteroatoms. The van der Waals surface area contributed by atoms with Crippen LogP contribution in [0.5, 0.6) is 0 Å². The molecule has 0 aromatic rings. The first kappa shape index (κ1) is 12.8. The second-order valence-electron chi connectivity index (χ2n) is 4.05. The van der Waals surface area contributed by atoms with Gasteiger partial charge < -0.3 is 21.7 Å². The Balaban J connectivity index is 2.34. The van der Waals surface area contributed by atoms with E-state index in [-0.39, 0.29) is 11.9 Å². The van der Waals surface area contributed by atoms with Crippen molar-refractivity contribution in [3.8, 4) is 0 Å². The summed E-state index contributed by atoms with van der Waals surface area (Å²) in [6.07, 6.45) is 1.30. The minimum atomic E-state index is -0.873. The fraction of sp³-hybridized carbons (Fsp3) is 0.889. The maximum Gasteiger partial charge on any atom is 0.237 e. The first-order chi connectivity index (χ1) is 6.98. The van der Waals surface area contributed by atoms with Gasteiger partial charge >= 0.3 is 0 Å². The largest absolute Gasteiger partial charge is 0.394 e. The van der Waals surface area contributed by atoms with Crippen LogP contribution in [-0.2, 0) is 4.79 Å². The highest BCUT2D eigenvalue weighted by Crippen LogP contribution is 2.35. The van der Waals surface area contributed by atoms with Crippen molar-refractivity contribution in [2.24, 2.45) is 11.5 Å². The lowest BCUT2D eigenvalue weighted by atomic mass is 9.99. The molecule has 0 radical (unpaired) electrons. The molecule has 0 saturated heterocycles. The van der Waals surface area contributed by atoms with E-state index in [0.717, 1.165) is 6.42 Å². The average Bonchev–Trinajstić information content (AvgIpc) is 2.58. The maximum absolute atomic E-state index is 11.1. The number of amides is 1. The van der Waals surface area contributed by atoms with Gasteiger partial charge in [-0.25, -0.2) is 0 Å². The van der Waals surface area contributed by atoms with E-state index in [4.69, 9.17) is 21.7 Å². The average molecular weight is 234 g/mol. The van der Waals surface area contributed by atoms with Crippen molar-refractivity contribution in [3.05, 3.63) is 0 Å². The number of aliphatic hydroxyl groups excluding tert-OH is 2. The monoisotopic (exact) mass is 234 g/mol. The molecule has 88 valence electrons. The second-order valence-corrected chi connectivity index (χ2v) is 5.39. The van der Waals surface area contributed by atoms with Gasteiger partial charge in [0.1, 0.15) is 0 Å². The molecule has 1 aliphatic carbocycles. The van der Waals surface area contributed by atoms with E-state index >= 15 is 0 Å². The van der Waals surface area contributed by atoms with Crippen LogP contribution in [0.25, 0.3) is 0 Å². The van der Waals surface area contributed by atoms with Gasteiger partial charge in [-0.3, -0.25) is 4.79 Å². The minimum absolute atomic E-state index is 0.233. The number of carbonyl (C=O) groups excluding carboxylic acids is 1. The first-order valence-electron chi connectivity index (χ1n) is 4.97. The van der Waals surface area contributed by atoms with Gasteiger partial charge in [0.25, 0.3) is 0 Å². The van der Waals surface area contributed by atoms with E-state index < -0.39 is 17.6 Å². The van der Waals surface area contributed by atoms with Crippen molar-refractivity contribution in [1.29, 1.82) is 0 Å². The minimum Gasteiger partial charge on any atom is -0.394 e. The lowest BCUT2D eigenvalue weighted by Gasteiger charge is -2.19. The van der Waals surface area contributed by atoms with Gasteiger partial charge in [0.15, 0.2) is 0 Å². The molecule has 1 amide bonds. The molecule has 0 aromatic carbocycles. The predicted molar refractivity (Wildman–Crippen MR) is 59.3 cm³/mol. The third kappa shape index (κ3) is 3.34. The van der Waals surface area contributed by atoms with Crippen LogP contribution in [0.15, 0.2) is 0 Å². The zero-order valence-corrected chi connectivity index (χ0v) is 9.37. The molecule has 0 spiro atoms. The van der Waals surface area contributed by atoms with Crippen LogP contribution in [0, 0.1) is 0 Å². The molecule has 15 heavy (non-hydrogen) atoms. The molecule has 6 N–H and O–H groups in total. The number of hydrogen-bond acceptors (Lipinski definition) is 5. The summed E-state index contributed by atoms with van der Waals surface area (Å²) in [4.78, 5) is 11.1. The Labute approximate surface area is 93.2 Å². The van der Waals surface area contributed by atoms with Crippen molar-refractivity contribution in [2.45, 2.75) is 36.2 Å². The molecule has 3 atom stereocenters. The Hall–Kier alpha value is -0.300. The summed E-state index contributed by atoms with van der Waals surface area (Å²) in [5, 5.41) is 18.1. The zero-order valence-electron chi connectivity index (χ0n) is 8.56. The summed E-state index contributed by atoms with van der Waals surface area (Å²) in [5.74, 6) is 0.0176. The van der Waals surface area contributed by atoms with Crippen molar-refractivity contribution < 1.29 is 15.0 Å². The van der Waals surface area contributed by atoms with E-state index in [1.54, 1.807) is 0 Å². The Kier molecular flexibility index (Phi) is 4.39. The standard InChI is InChI=1S/C9H18N2O3S/c10-8(14)9(11)2-1-7(3-9)15-5-6(13)4-12/h6-7,12-13H,1-5,11H2,(H2,10,14). The zero-order chi connectivity index (χ0) is 11.5. The van der Waals surface area contributed by atoms with E-state index in [1.165, 1.54) is 11.8 Å². The summed E-state index contributed by atoms with van der Waals surface area (Å²) in [6.45, 7) is -0.233. The molecule has 1 rings (SSSR count). The highest BCUT2D eigenvalue weighted by molar-refractivity contribution is 7.99. The molecule has 1 saturated carbocycles. The highest BCUT2D eigenvalue weighted by Gasteiger charge is 2.40. The lowest BCUT2D eigenvalue weighted by Crippen LogP contribution is -2.50. The predicted octanol–water partition coefficient (Wildman–Crippen LogP) is -1.19. The SMILES string of the molecule is NC(=O)C1(N)CCC(SCC(O)CO)C1. The third-order valence-electron chi connectivity index (χ3n) is 2.73. The fourth-order valence-corrected chi connectivity index (χ4v) is 2.99. The van der Waals surface area contributed by atoms with E-state index in [9.17, 15) is 4.79 Å². The van der Waals surface area contributed by atoms with E-state index in [2.05, 4.69) is 0 Å². The summed E-state index contributed by atoms with van der Waals surface area (Å²) in [5.41, 5.74) is 10.2. The molecule has 0 bridgehead atoms. The van der Waals surface area contributed by atoms with Crippen molar-refractivity contribution in [1.82, 2.24) is 0 Å². The number of aliphatic hydroxyl groups is 2. The van der Waals surface area contributed by atoms with Crippen LogP contribution in [0.4, 0.5) is 0 Å². The third-order valence-corrected chi connectivity index (χ3v) is 4.18. The summed E-state index contributed by atoms with van der Waals surface area (Å²) < 4.78 is 0. The quantitative estimate of drug-likeness (QED) is 0.478. The van der Waals surface area contributed by atoms with E-state index in [0.29, 0.717) is 18.6 Å². The summed E-state index contributed by atoms with van der Waals surface area (Å²) >= 11 is 1.54. The number of hydrogen-bond donors (Lipinski definition) is 4. The maximum atomic E-state index is 11.1. The molecule has 0 aliphatic heterocycles. The van der Waals surface area contributed by atoms with Gasteiger partial charge in [-0.2, -0.15) is 11.8 Å². The van der Waals surface area contributed by atoms with Gasteiger partial charge in [0.2, 0.25) is 5.91 Å². The second kappa shape index (κ2) is 5.16. The molecule has 5 nitrogen and oxygen atoms in total. The number of nitrogens with two attached hydrogens (primary N) is 2. The number of primary amides is 1. The Morgan fingerprint density at radius 1 is 1.67 bits per heavy atom. The molecular weight excluding hydrogens is 216 g/mol. The van der Waals surface area contributed by atoms with Crippen LogP contribution >= 0.6 is 11.8 Å². The van der Waals surface area contributed by atoms with Crippen LogP contribution in [-0.4, -0.2) is 45.4 Å². The number of rotatable bonds is 5. The molecule has 1 aliphatic rings. The van der Waals surface area contributed by atoms with Crippen LogP contribution in [0.1, 0.15) is 19.3 Å². The number of carbonyl (C=O) groups is 1. The molecule has 1 fully saturated rings. The molecule has 0 aromatic heterocycles. The van der Waals surface area contributed by atoms with Crippen LogP contribution in [0.2, 0.25) is 0 Å². The van der Waals surface area contributed by atoms with Gasteiger partial charge in [-0.1, -0.05) is 0 Å². The van der Waals surface area contributed by atoms with E-state index in [1.807, 2.05) is 0 Å². The highest BCUT2D eigenvalue weighted by atomic mass is 32.2. The molecular formula is C9H18N2O3S. The van der Waals surface area contributed by atoms with Crippen LogP contribution in [0.3, 0.4) is 0 Å². The summed E-state index contributed by atoms with van der Waals surface area (Å²) in [6, 6.07) is 0. The molecule has 3 unspecified atom stereocenters. The Morgan fingerprint density at radius 3 is 2.80 bits per heavy atom. The van der Waals surface area contributed by atoms with Gasteiger partial charge in [0, 0.05) is 11.0 Å². The Bertz CT molecular complexity index is 239. The van der Waals surface area contributed by atoms with Crippen molar-refractivity contribution in [3.63, 3.8) is 0 Å². The first-order valence-corrected chi connectivity index (χ1v) is 6.02.